The molecule has 0 bridgehead atoms. The van der Waals surface area contributed by atoms with Crippen molar-refractivity contribution in [3.8, 4) is 11.5 Å². The molecule has 3 amide bonds. The van der Waals surface area contributed by atoms with Crippen LogP contribution in [-0.4, -0.2) is 78.9 Å². The number of thiol groups is 1. The molecule has 0 fully saturated rings. The summed E-state index contributed by atoms with van der Waals surface area (Å²) in [4.78, 5) is 57.7. The zero-order valence-corrected chi connectivity index (χ0v) is 22.8. The fourth-order valence-corrected chi connectivity index (χ4v) is 4.15. The molecule has 218 valence electrons. The Kier molecular flexibility index (Phi) is 11.1. The maximum atomic E-state index is 13.3. The monoisotopic (exact) mass is 584 g/mol. The van der Waals surface area contributed by atoms with Gasteiger partial charge in [-0.15, -0.1) is 0 Å². The maximum Gasteiger partial charge on any atom is 0.326 e. The second kappa shape index (κ2) is 14.7. The highest BCUT2D eigenvalue weighted by atomic mass is 32.1. The Hall–Kier alpha value is -4.56. The molecule has 1 heterocycles. The summed E-state index contributed by atoms with van der Waals surface area (Å²) in [6.07, 6.45) is 3.05. The van der Waals surface area contributed by atoms with Crippen molar-refractivity contribution in [2.24, 2.45) is 5.73 Å². The van der Waals surface area contributed by atoms with E-state index in [1.807, 2.05) is 0 Å². The second-order valence-electron chi connectivity index (χ2n) is 9.33. The summed E-state index contributed by atoms with van der Waals surface area (Å²) in [5.74, 6) is -3.55. The van der Waals surface area contributed by atoms with Crippen molar-refractivity contribution in [3.63, 3.8) is 0 Å². The highest BCUT2D eigenvalue weighted by molar-refractivity contribution is 7.80. The lowest BCUT2D eigenvalue weighted by Crippen LogP contribution is -2.58. The summed E-state index contributed by atoms with van der Waals surface area (Å²) >= 11 is 4.15. The molecule has 3 aromatic rings. The van der Waals surface area contributed by atoms with Crippen LogP contribution < -0.4 is 21.7 Å². The number of nitrogens with two attached hydrogens (primary N) is 1. The Morgan fingerprint density at radius 1 is 0.780 bits per heavy atom. The van der Waals surface area contributed by atoms with E-state index >= 15 is 0 Å². The average molecular weight is 585 g/mol. The van der Waals surface area contributed by atoms with Gasteiger partial charge in [0.15, 0.2) is 0 Å². The van der Waals surface area contributed by atoms with E-state index in [0.717, 1.165) is 0 Å². The first-order valence-electron chi connectivity index (χ1n) is 12.6. The number of carboxylic acids is 1. The molecule has 4 atom stereocenters. The van der Waals surface area contributed by atoms with Crippen LogP contribution in [0.15, 0.2) is 61.1 Å². The molecule has 1 aromatic heterocycles. The summed E-state index contributed by atoms with van der Waals surface area (Å²) < 4.78 is 0. The van der Waals surface area contributed by atoms with Gasteiger partial charge in [0.1, 0.15) is 29.6 Å². The topological polar surface area (TPSA) is 220 Å². The number of aromatic hydroxyl groups is 2. The van der Waals surface area contributed by atoms with E-state index in [2.05, 4.69) is 38.5 Å². The SMILES string of the molecule is NC(Cc1cnc[nH]1)C(=O)NC(Cc1ccc(O)cc1)C(=O)NC(CS)C(=O)NC(Cc1ccc(O)cc1)C(=O)O. The summed E-state index contributed by atoms with van der Waals surface area (Å²) in [6.45, 7) is 0. The van der Waals surface area contributed by atoms with Crippen molar-refractivity contribution in [2.75, 3.05) is 5.75 Å². The summed E-state index contributed by atoms with van der Waals surface area (Å²) in [5, 5.41) is 36.2. The molecule has 14 heteroatoms. The largest absolute Gasteiger partial charge is 0.508 e. The summed E-state index contributed by atoms with van der Waals surface area (Å²) in [6, 6.07) is 7.16. The fourth-order valence-electron chi connectivity index (χ4n) is 3.89. The Morgan fingerprint density at radius 3 is 1.76 bits per heavy atom. The third-order valence-corrected chi connectivity index (χ3v) is 6.51. The predicted molar refractivity (Wildman–Crippen MR) is 151 cm³/mol. The van der Waals surface area contributed by atoms with E-state index in [0.29, 0.717) is 16.8 Å². The van der Waals surface area contributed by atoms with Gasteiger partial charge in [0.2, 0.25) is 17.7 Å². The number of rotatable bonds is 14. The van der Waals surface area contributed by atoms with Crippen LogP contribution in [0.3, 0.4) is 0 Å². The molecular formula is C27H32N6O7S. The molecule has 0 aliphatic rings. The number of carbonyl (C=O) groups is 4. The number of aliphatic carboxylic acids is 1. The molecule has 4 unspecified atom stereocenters. The van der Waals surface area contributed by atoms with E-state index in [9.17, 15) is 34.5 Å². The van der Waals surface area contributed by atoms with Crippen molar-refractivity contribution in [2.45, 2.75) is 43.4 Å². The van der Waals surface area contributed by atoms with E-state index in [-0.39, 0.29) is 36.5 Å². The van der Waals surface area contributed by atoms with Gasteiger partial charge in [-0.1, -0.05) is 24.3 Å². The van der Waals surface area contributed by atoms with Crippen molar-refractivity contribution < 1.29 is 34.5 Å². The number of aromatic amines is 1. The van der Waals surface area contributed by atoms with Gasteiger partial charge in [-0.3, -0.25) is 14.4 Å². The molecule has 0 aliphatic heterocycles. The number of amides is 3. The number of nitrogens with zero attached hydrogens (tertiary/aromatic N) is 1. The van der Waals surface area contributed by atoms with Gasteiger partial charge in [-0.25, -0.2) is 9.78 Å². The molecule has 0 saturated carbocycles. The van der Waals surface area contributed by atoms with E-state index in [1.54, 1.807) is 12.1 Å². The van der Waals surface area contributed by atoms with Crippen LogP contribution in [-0.2, 0) is 38.4 Å². The quantitative estimate of drug-likeness (QED) is 0.113. The third-order valence-electron chi connectivity index (χ3n) is 6.15. The molecule has 0 spiro atoms. The summed E-state index contributed by atoms with van der Waals surface area (Å²) in [5.41, 5.74) is 7.82. The number of nitrogens with one attached hydrogen (secondary N) is 4. The number of hydrogen-bond acceptors (Lipinski definition) is 9. The number of phenolic OH excluding ortho intramolecular Hbond substituents is 2. The third kappa shape index (κ3) is 9.54. The van der Waals surface area contributed by atoms with Crippen LogP contribution in [0.2, 0.25) is 0 Å². The first-order chi connectivity index (χ1) is 19.5. The summed E-state index contributed by atoms with van der Waals surface area (Å²) in [7, 11) is 0. The van der Waals surface area contributed by atoms with Crippen LogP contribution in [0, 0.1) is 0 Å². The zero-order chi connectivity index (χ0) is 29.9. The van der Waals surface area contributed by atoms with Crippen LogP contribution in [0.1, 0.15) is 16.8 Å². The van der Waals surface area contributed by atoms with Crippen molar-refractivity contribution >= 4 is 36.3 Å². The van der Waals surface area contributed by atoms with Crippen LogP contribution >= 0.6 is 12.6 Å². The minimum atomic E-state index is -1.32. The van der Waals surface area contributed by atoms with Crippen molar-refractivity contribution in [1.29, 1.82) is 0 Å². The molecule has 13 nitrogen and oxygen atoms in total. The molecule has 0 aliphatic carbocycles. The molecule has 9 N–H and O–H groups in total. The number of imidazole rings is 1. The van der Waals surface area contributed by atoms with E-state index in [4.69, 9.17) is 5.73 Å². The van der Waals surface area contributed by atoms with Crippen molar-refractivity contribution in [3.05, 3.63) is 77.9 Å². The number of aromatic nitrogens is 2. The van der Waals surface area contributed by atoms with E-state index < -0.39 is 47.9 Å². The number of carbonyl (C=O) groups excluding carboxylic acids is 3. The van der Waals surface area contributed by atoms with Gasteiger partial charge in [-0.05, 0) is 35.4 Å². The number of phenols is 2. The average Bonchev–Trinajstić information content (AvgIpc) is 3.46. The Balaban J connectivity index is 1.70. The lowest BCUT2D eigenvalue weighted by molar-refractivity contribution is -0.142. The molecule has 41 heavy (non-hydrogen) atoms. The first kappa shape index (κ1) is 31.0. The Morgan fingerprint density at radius 2 is 1.27 bits per heavy atom. The molecule has 2 aromatic carbocycles. The number of H-pyrrole nitrogens is 1. The number of hydrogen-bond donors (Lipinski definition) is 9. The lowest BCUT2D eigenvalue weighted by atomic mass is 10.0. The van der Waals surface area contributed by atoms with Crippen molar-refractivity contribution in [1.82, 2.24) is 25.9 Å². The second-order valence-corrected chi connectivity index (χ2v) is 9.70. The van der Waals surface area contributed by atoms with Crippen LogP contribution in [0.25, 0.3) is 0 Å². The minimum Gasteiger partial charge on any atom is -0.508 e. The standard InChI is InChI=1S/C27H32N6O7S/c28-20(11-17-12-29-14-30-17)24(36)31-21(9-15-1-5-18(34)6-2-15)25(37)33-23(13-41)26(38)32-22(27(39)40)10-16-3-7-19(35)8-4-16/h1-8,12,14,20-23,34-35,41H,9-11,13,28H2,(H,29,30)(H,31,36)(H,32,38)(H,33,37)(H,39,40). The van der Waals surface area contributed by atoms with Crippen LogP contribution in [0.4, 0.5) is 0 Å². The zero-order valence-electron chi connectivity index (χ0n) is 21.9. The molecule has 0 radical (unpaired) electrons. The normalized spacial score (nSPS) is 13.8. The smallest absolute Gasteiger partial charge is 0.326 e. The molecule has 3 rings (SSSR count). The Labute approximate surface area is 241 Å². The highest BCUT2D eigenvalue weighted by Gasteiger charge is 2.30. The Bertz CT molecular complexity index is 1320. The minimum absolute atomic E-state index is 0.00808. The fraction of sp³-hybridized carbons (Fsp3) is 0.296. The first-order valence-corrected chi connectivity index (χ1v) is 13.2. The van der Waals surface area contributed by atoms with Gasteiger partial charge in [0.25, 0.3) is 0 Å². The number of carboxylic acid groups (broad SMARTS) is 1. The molecule has 0 saturated heterocycles. The van der Waals surface area contributed by atoms with Gasteiger partial charge in [-0.2, -0.15) is 12.6 Å². The molecular weight excluding hydrogens is 552 g/mol. The predicted octanol–water partition coefficient (Wildman–Crippen LogP) is -0.355. The highest BCUT2D eigenvalue weighted by Crippen LogP contribution is 2.13. The van der Waals surface area contributed by atoms with Gasteiger partial charge >= 0.3 is 5.97 Å². The van der Waals surface area contributed by atoms with E-state index in [1.165, 1.54) is 48.9 Å². The van der Waals surface area contributed by atoms with Gasteiger partial charge in [0, 0.05) is 36.9 Å². The maximum absolute atomic E-state index is 13.3. The van der Waals surface area contributed by atoms with Gasteiger partial charge < -0.3 is 42.0 Å². The number of benzene rings is 2. The van der Waals surface area contributed by atoms with Crippen LogP contribution in [0.5, 0.6) is 11.5 Å². The lowest BCUT2D eigenvalue weighted by Gasteiger charge is -2.24. The van der Waals surface area contributed by atoms with Gasteiger partial charge in [0.05, 0.1) is 12.4 Å².